The highest BCUT2D eigenvalue weighted by molar-refractivity contribution is 6.13. The number of carbonyl (C=O) groups excluding carboxylic acids is 2. The zero-order valence-corrected chi connectivity index (χ0v) is 17.7. The highest BCUT2D eigenvalue weighted by Crippen LogP contribution is 2.37. The molecule has 34 heavy (non-hydrogen) atoms. The van der Waals surface area contributed by atoms with Crippen LogP contribution in [-0.4, -0.2) is 22.0 Å². The number of fused-ring (bicyclic) bond motifs is 1. The van der Waals surface area contributed by atoms with E-state index in [2.05, 4.69) is 20.8 Å². The number of rotatable bonds is 4. The number of benzene rings is 2. The maximum atomic E-state index is 14.3. The van der Waals surface area contributed by atoms with Crippen molar-refractivity contribution in [3.63, 3.8) is 0 Å². The lowest BCUT2D eigenvalue weighted by atomic mass is 10.0. The first-order valence-electron chi connectivity index (χ1n) is 9.86. The van der Waals surface area contributed by atoms with Gasteiger partial charge in [0, 0.05) is 18.2 Å². The number of carbonyl (C=O) groups is 2. The molecule has 0 unspecified atom stereocenters. The molecule has 2 N–H and O–H groups in total. The van der Waals surface area contributed by atoms with E-state index >= 15 is 0 Å². The number of nitrogens with zero attached hydrogens (tertiary/aromatic N) is 2. The molecule has 0 aliphatic heterocycles. The van der Waals surface area contributed by atoms with E-state index in [-0.39, 0.29) is 45.0 Å². The summed E-state index contributed by atoms with van der Waals surface area (Å²) < 4.78 is 60.1. The van der Waals surface area contributed by atoms with Crippen molar-refractivity contribution in [2.75, 3.05) is 10.6 Å². The maximum Gasteiger partial charge on any atom is 0.417 e. The predicted octanol–water partition coefficient (Wildman–Crippen LogP) is 5.57. The van der Waals surface area contributed by atoms with Gasteiger partial charge in [0.15, 0.2) is 0 Å². The second-order valence-corrected chi connectivity index (χ2v) is 7.38. The zero-order chi connectivity index (χ0) is 24.6. The third-order valence-electron chi connectivity index (χ3n) is 4.91. The van der Waals surface area contributed by atoms with Crippen LogP contribution in [0.15, 0.2) is 53.1 Å². The molecular formula is C23H16F4N4O3. The van der Waals surface area contributed by atoms with Gasteiger partial charge in [-0.25, -0.2) is 9.37 Å². The molecule has 0 spiro atoms. The fraction of sp³-hybridized carbons (Fsp3) is 0.130. The minimum Gasteiger partial charge on any atom is -0.335 e. The molecule has 0 bridgehead atoms. The number of aryl methyl sites for hydroxylation is 1. The van der Waals surface area contributed by atoms with Gasteiger partial charge >= 0.3 is 6.18 Å². The van der Waals surface area contributed by atoms with Gasteiger partial charge in [-0.05, 0) is 37.3 Å². The van der Waals surface area contributed by atoms with E-state index in [0.717, 1.165) is 12.1 Å². The molecule has 4 aromatic rings. The smallest absolute Gasteiger partial charge is 0.335 e. The van der Waals surface area contributed by atoms with Crippen LogP contribution in [0.25, 0.3) is 22.4 Å². The topological polar surface area (TPSA) is 97.1 Å². The first-order valence-corrected chi connectivity index (χ1v) is 9.86. The van der Waals surface area contributed by atoms with E-state index in [1.165, 1.54) is 50.2 Å². The molecule has 2 amide bonds. The van der Waals surface area contributed by atoms with Gasteiger partial charge in [-0.2, -0.15) is 13.2 Å². The van der Waals surface area contributed by atoms with Gasteiger partial charge in [0.05, 0.1) is 33.6 Å². The van der Waals surface area contributed by atoms with Crippen LogP contribution in [-0.2, 0) is 11.0 Å². The van der Waals surface area contributed by atoms with Crippen molar-refractivity contribution in [3.05, 3.63) is 71.2 Å². The SMILES string of the molecule is CC(=O)Nc1ccc(F)c(NC(=O)c2cc(-c3ccccc3C(F)(F)F)nc3onc(C)c23)c1. The summed E-state index contributed by atoms with van der Waals surface area (Å²) in [5.41, 5.74) is -1.37. The normalized spacial score (nSPS) is 11.5. The lowest BCUT2D eigenvalue weighted by Gasteiger charge is -2.14. The molecule has 0 fully saturated rings. The summed E-state index contributed by atoms with van der Waals surface area (Å²) >= 11 is 0. The summed E-state index contributed by atoms with van der Waals surface area (Å²) in [5, 5.41) is 8.79. The number of alkyl halides is 3. The summed E-state index contributed by atoms with van der Waals surface area (Å²) in [6.45, 7) is 2.80. The quantitative estimate of drug-likeness (QED) is 0.379. The average molecular weight is 472 g/mol. The van der Waals surface area contributed by atoms with E-state index in [9.17, 15) is 27.2 Å². The summed E-state index contributed by atoms with van der Waals surface area (Å²) in [6.07, 6.45) is -4.67. The molecule has 2 aromatic heterocycles. The number of aromatic nitrogens is 2. The molecule has 0 aliphatic rings. The van der Waals surface area contributed by atoms with Gasteiger partial charge in [-0.15, -0.1) is 0 Å². The summed E-state index contributed by atoms with van der Waals surface area (Å²) in [5.74, 6) is -2.01. The number of halogens is 4. The Hall–Kier alpha value is -4.28. The van der Waals surface area contributed by atoms with Crippen LogP contribution in [0, 0.1) is 12.7 Å². The number of hydrogen-bond acceptors (Lipinski definition) is 5. The molecule has 0 saturated carbocycles. The Labute approximate surface area is 189 Å². The van der Waals surface area contributed by atoms with Crippen LogP contribution in [0.3, 0.4) is 0 Å². The average Bonchev–Trinajstić information content (AvgIpc) is 3.15. The van der Waals surface area contributed by atoms with E-state index < -0.39 is 29.4 Å². The minimum atomic E-state index is -4.67. The lowest BCUT2D eigenvalue weighted by Crippen LogP contribution is -2.15. The summed E-state index contributed by atoms with van der Waals surface area (Å²) in [7, 11) is 0. The molecule has 174 valence electrons. The molecule has 0 atom stereocenters. The van der Waals surface area contributed by atoms with Gasteiger partial charge in [0.2, 0.25) is 5.91 Å². The van der Waals surface area contributed by atoms with Crippen molar-refractivity contribution in [3.8, 4) is 11.3 Å². The maximum absolute atomic E-state index is 14.3. The minimum absolute atomic E-state index is 0.111. The van der Waals surface area contributed by atoms with Crippen molar-refractivity contribution in [1.82, 2.24) is 10.1 Å². The lowest BCUT2D eigenvalue weighted by molar-refractivity contribution is -0.137. The Kier molecular flexibility index (Phi) is 5.78. The summed E-state index contributed by atoms with van der Waals surface area (Å²) in [6, 6.07) is 9.52. The van der Waals surface area contributed by atoms with Crippen LogP contribution < -0.4 is 10.6 Å². The van der Waals surface area contributed by atoms with E-state index in [1.807, 2.05) is 0 Å². The molecule has 4 rings (SSSR count). The van der Waals surface area contributed by atoms with Crippen molar-refractivity contribution in [2.24, 2.45) is 0 Å². The Morgan fingerprint density at radius 1 is 1.03 bits per heavy atom. The van der Waals surface area contributed by atoms with Crippen LogP contribution in [0.4, 0.5) is 28.9 Å². The van der Waals surface area contributed by atoms with Gasteiger partial charge in [0.25, 0.3) is 11.6 Å². The Balaban J connectivity index is 1.82. The standard InChI is InChI=1S/C23H16F4N4O3/c1-11-20-15(21(33)29-19-9-13(28-12(2)32)7-8-17(19)24)10-18(30-22(20)34-31-11)14-5-3-4-6-16(14)23(25,26)27/h3-10H,1-2H3,(H,28,32)(H,29,33). The van der Waals surface area contributed by atoms with Crippen molar-refractivity contribution >= 4 is 34.3 Å². The molecule has 0 aliphatic carbocycles. The molecule has 2 heterocycles. The monoisotopic (exact) mass is 472 g/mol. The van der Waals surface area contributed by atoms with Crippen molar-refractivity contribution < 1.29 is 31.7 Å². The second kappa shape index (κ2) is 8.58. The number of nitrogens with one attached hydrogen (secondary N) is 2. The van der Waals surface area contributed by atoms with Gasteiger partial charge in [-0.1, -0.05) is 23.4 Å². The largest absolute Gasteiger partial charge is 0.417 e. The predicted molar refractivity (Wildman–Crippen MR) is 116 cm³/mol. The molecule has 0 radical (unpaired) electrons. The Bertz CT molecular complexity index is 1430. The third-order valence-corrected chi connectivity index (χ3v) is 4.91. The van der Waals surface area contributed by atoms with Gasteiger partial charge < -0.3 is 15.2 Å². The number of anilines is 2. The number of amides is 2. The van der Waals surface area contributed by atoms with Gasteiger partial charge in [0.1, 0.15) is 5.82 Å². The fourth-order valence-corrected chi connectivity index (χ4v) is 3.46. The van der Waals surface area contributed by atoms with Crippen LogP contribution in [0.1, 0.15) is 28.5 Å². The first kappa shape index (κ1) is 22.9. The van der Waals surface area contributed by atoms with Crippen LogP contribution >= 0.6 is 0 Å². The zero-order valence-electron chi connectivity index (χ0n) is 17.7. The summed E-state index contributed by atoms with van der Waals surface area (Å²) in [4.78, 5) is 28.6. The van der Waals surface area contributed by atoms with Crippen molar-refractivity contribution in [1.29, 1.82) is 0 Å². The molecule has 2 aromatic carbocycles. The number of hydrogen-bond donors (Lipinski definition) is 2. The third kappa shape index (κ3) is 4.45. The van der Waals surface area contributed by atoms with E-state index in [0.29, 0.717) is 0 Å². The van der Waals surface area contributed by atoms with Crippen LogP contribution in [0.2, 0.25) is 0 Å². The highest BCUT2D eigenvalue weighted by atomic mass is 19.4. The Morgan fingerprint density at radius 3 is 2.47 bits per heavy atom. The highest BCUT2D eigenvalue weighted by Gasteiger charge is 2.34. The first-order chi connectivity index (χ1) is 16.0. The van der Waals surface area contributed by atoms with Crippen molar-refractivity contribution in [2.45, 2.75) is 20.0 Å². The fourth-order valence-electron chi connectivity index (χ4n) is 3.46. The number of pyridine rings is 1. The van der Waals surface area contributed by atoms with Crippen LogP contribution in [0.5, 0.6) is 0 Å². The molecule has 0 saturated heterocycles. The van der Waals surface area contributed by atoms with E-state index in [1.54, 1.807) is 0 Å². The molecule has 11 heteroatoms. The van der Waals surface area contributed by atoms with E-state index in [4.69, 9.17) is 4.52 Å². The molecule has 7 nitrogen and oxygen atoms in total. The van der Waals surface area contributed by atoms with Gasteiger partial charge in [-0.3, -0.25) is 9.59 Å². The Morgan fingerprint density at radius 2 is 1.76 bits per heavy atom. The second-order valence-electron chi connectivity index (χ2n) is 7.38. The molecular weight excluding hydrogens is 456 g/mol.